The molecule has 2 aliphatic heterocycles. The second kappa shape index (κ2) is 6.57. The van der Waals surface area contributed by atoms with Crippen molar-refractivity contribution >= 4 is 0 Å². The lowest BCUT2D eigenvalue weighted by molar-refractivity contribution is -0.312. The van der Waals surface area contributed by atoms with Crippen molar-refractivity contribution < 1.29 is 19.7 Å². The summed E-state index contributed by atoms with van der Waals surface area (Å²) in [5.41, 5.74) is 0.745. The SMILES string of the molecule is COC12CCC3(CC1C(C)(O)C(C)(C)C)C1Cc4ccc(O)c5c4C3(CCN1CC1CC1C)C2O5. The van der Waals surface area contributed by atoms with Crippen LogP contribution in [0, 0.1) is 28.6 Å². The summed E-state index contributed by atoms with van der Waals surface area (Å²) in [5, 5.41) is 23.2. The second-order valence-electron chi connectivity index (χ2n) is 14.3. The summed E-state index contributed by atoms with van der Waals surface area (Å²) in [6, 6.07) is 4.45. The van der Waals surface area contributed by atoms with Crippen LogP contribution in [0.4, 0.5) is 0 Å². The van der Waals surface area contributed by atoms with Gasteiger partial charge < -0.3 is 19.7 Å². The Morgan fingerprint density at radius 1 is 1.17 bits per heavy atom. The van der Waals surface area contributed by atoms with E-state index in [1.807, 2.05) is 20.1 Å². The summed E-state index contributed by atoms with van der Waals surface area (Å²) < 4.78 is 13.5. The molecule has 9 unspecified atom stereocenters. The van der Waals surface area contributed by atoms with Gasteiger partial charge in [-0.05, 0) is 80.9 Å². The van der Waals surface area contributed by atoms with Crippen LogP contribution in [0.25, 0.3) is 0 Å². The van der Waals surface area contributed by atoms with E-state index in [-0.39, 0.29) is 34.0 Å². The monoisotopic (exact) mass is 481 g/mol. The van der Waals surface area contributed by atoms with E-state index in [0.29, 0.717) is 11.8 Å². The smallest absolute Gasteiger partial charge is 0.165 e. The number of hydrogen-bond donors (Lipinski definition) is 2. The summed E-state index contributed by atoms with van der Waals surface area (Å²) in [6.07, 6.45) is 6.22. The molecule has 1 aromatic carbocycles. The maximum Gasteiger partial charge on any atom is 0.165 e. The first-order valence-electron chi connectivity index (χ1n) is 14.0. The Kier molecular flexibility index (Phi) is 4.29. The predicted octanol–water partition coefficient (Wildman–Crippen LogP) is 4.66. The Labute approximate surface area is 210 Å². The quantitative estimate of drug-likeness (QED) is 0.655. The molecule has 1 saturated heterocycles. The molecule has 2 spiro atoms. The van der Waals surface area contributed by atoms with E-state index >= 15 is 0 Å². The molecule has 5 fully saturated rings. The molecule has 5 aliphatic carbocycles. The molecule has 0 aromatic heterocycles. The first-order valence-corrected chi connectivity index (χ1v) is 14.0. The van der Waals surface area contributed by atoms with Gasteiger partial charge in [-0.1, -0.05) is 33.8 Å². The Bertz CT molecular complexity index is 1090. The van der Waals surface area contributed by atoms with Gasteiger partial charge in [-0.15, -0.1) is 0 Å². The lowest BCUT2D eigenvalue weighted by Crippen LogP contribution is -2.83. The molecule has 4 bridgehead atoms. The summed E-state index contributed by atoms with van der Waals surface area (Å²) in [6.45, 7) is 13.2. The maximum atomic E-state index is 12.2. The zero-order valence-electron chi connectivity index (χ0n) is 22.4. The van der Waals surface area contributed by atoms with E-state index in [0.717, 1.165) is 50.5 Å². The largest absolute Gasteiger partial charge is 0.504 e. The number of ether oxygens (including phenoxy) is 2. The standard InChI is InChI=1S/C30H43NO4/c1-17-13-19(17)16-31-12-11-29-23-18-7-8-20(32)24(23)35-25(29)30(34-6)10-9-28(29,22(31)14-18)15-21(30)27(5,33)26(2,3)4/h7-8,17,19,21-22,25,32-33H,9-16H2,1-6H3. The van der Waals surface area contributed by atoms with E-state index in [9.17, 15) is 10.2 Å². The van der Waals surface area contributed by atoms with Gasteiger partial charge in [-0.2, -0.15) is 0 Å². The molecule has 2 N–H and O–H groups in total. The average Bonchev–Trinajstić information content (AvgIpc) is 3.36. The Balaban J connectivity index is 1.45. The molecule has 4 saturated carbocycles. The molecule has 9 atom stereocenters. The van der Waals surface area contributed by atoms with E-state index in [4.69, 9.17) is 9.47 Å². The van der Waals surface area contributed by atoms with Gasteiger partial charge in [0.15, 0.2) is 11.5 Å². The van der Waals surface area contributed by atoms with Crippen molar-refractivity contribution in [2.45, 2.75) is 102 Å². The van der Waals surface area contributed by atoms with Gasteiger partial charge in [-0.3, -0.25) is 4.90 Å². The lowest BCUT2D eigenvalue weighted by atomic mass is 9.33. The zero-order chi connectivity index (χ0) is 24.8. The molecule has 7 aliphatic rings. The number of aliphatic hydroxyl groups is 1. The van der Waals surface area contributed by atoms with E-state index in [1.54, 1.807) is 0 Å². The van der Waals surface area contributed by atoms with Gasteiger partial charge in [-0.25, -0.2) is 0 Å². The van der Waals surface area contributed by atoms with Crippen molar-refractivity contribution in [1.82, 2.24) is 4.90 Å². The number of methoxy groups -OCH3 is 1. The van der Waals surface area contributed by atoms with Crippen LogP contribution in [-0.2, 0) is 16.6 Å². The van der Waals surface area contributed by atoms with Crippen LogP contribution in [0.2, 0.25) is 0 Å². The molecule has 5 heteroatoms. The molecule has 0 radical (unpaired) electrons. The fraction of sp³-hybridized carbons (Fsp3) is 0.800. The number of nitrogens with zero attached hydrogens (tertiary/aromatic N) is 1. The topological polar surface area (TPSA) is 62.2 Å². The number of likely N-dealkylation sites (tertiary alicyclic amines) is 1. The van der Waals surface area contributed by atoms with Gasteiger partial charge in [0.1, 0.15) is 11.7 Å². The summed E-state index contributed by atoms with van der Waals surface area (Å²) in [7, 11) is 1.83. The van der Waals surface area contributed by atoms with Gasteiger partial charge in [0.05, 0.1) is 5.60 Å². The van der Waals surface area contributed by atoms with Crippen LogP contribution in [-0.4, -0.2) is 58.7 Å². The van der Waals surface area contributed by atoms with Crippen molar-refractivity contribution in [1.29, 1.82) is 0 Å². The second-order valence-corrected chi connectivity index (χ2v) is 14.3. The van der Waals surface area contributed by atoms with Crippen molar-refractivity contribution in [3.05, 3.63) is 23.3 Å². The molecular formula is C30H43NO4. The Morgan fingerprint density at radius 2 is 1.91 bits per heavy atom. The summed E-state index contributed by atoms with van der Waals surface area (Å²) >= 11 is 0. The van der Waals surface area contributed by atoms with Gasteiger partial charge >= 0.3 is 0 Å². The maximum absolute atomic E-state index is 12.2. The number of aromatic hydroxyl groups is 1. The number of hydrogen-bond acceptors (Lipinski definition) is 5. The molecular weight excluding hydrogens is 438 g/mol. The fourth-order valence-electron chi connectivity index (χ4n) is 9.90. The van der Waals surface area contributed by atoms with Gasteiger partial charge in [0.2, 0.25) is 0 Å². The van der Waals surface area contributed by atoms with E-state index < -0.39 is 11.2 Å². The number of phenols is 1. The normalized spacial score (nSPS) is 46.7. The minimum atomic E-state index is -0.914. The third-order valence-electron chi connectivity index (χ3n) is 12.4. The van der Waals surface area contributed by atoms with Gasteiger partial charge in [0.25, 0.3) is 0 Å². The van der Waals surface area contributed by atoms with E-state index in [1.165, 1.54) is 24.1 Å². The van der Waals surface area contributed by atoms with Crippen LogP contribution in [0.5, 0.6) is 11.5 Å². The highest BCUT2D eigenvalue weighted by atomic mass is 16.6. The predicted molar refractivity (Wildman–Crippen MR) is 135 cm³/mol. The number of phenolic OH excluding ortho intramolecular Hbond substituents is 1. The van der Waals surface area contributed by atoms with Crippen LogP contribution in [0.3, 0.4) is 0 Å². The van der Waals surface area contributed by atoms with Crippen molar-refractivity contribution in [3.63, 3.8) is 0 Å². The minimum absolute atomic E-state index is 0.0281. The highest BCUT2D eigenvalue weighted by molar-refractivity contribution is 5.63. The Hall–Kier alpha value is -1.30. The Morgan fingerprint density at radius 3 is 2.57 bits per heavy atom. The molecule has 2 heterocycles. The van der Waals surface area contributed by atoms with Crippen LogP contribution in [0.1, 0.15) is 77.8 Å². The molecule has 5 nitrogen and oxygen atoms in total. The van der Waals surface area contributed by atoms with Crippen molar-refractivity contribution in [3.8, 4) is 11.5 Å². The van der Waals surface area contributed by atoms with Crippen molar-refractivity contribution in [2.75, 3.05) is 20.2 Å². The third kappa shape index (κ3) is 2.43. The van der Waals surface area contributed by atoms with E-state index in [2.05, 4.69) is 38.7 Å². The van der Waals surface area contributed by atoms with Gasteiger partial charge in [0, 0.05) is 42.0 Å². The third-order valence-corrected chi connectivity index (χ3v) is 12.4. The first-order chi connectivity index (χ1) is 16.4. The highest BCUT2D eigenvalue weighted by Crippen LogP contribution is 2.78. The van der Waals surface area contributed by atoms with Crippen LogP contribution >= 0.6 is 0 Å². The number of rotatable bonds is 4. The highest BCUT2D eigenvalue weighted by Gasteiger charge is 2.82. The summed E-state index contributed by atoms with van der Waals surface area (Å²) in [5.74, 6) is 2.61. The minimum Gasteiger partial charge on any atom is -0.504 e. The number of benzene rings is 1. The first kappa shape index (κ1) is 22.9. The zero-order valence-corrected chi connectivity index (χ0v) is 22.4. The molecule has 1 aromatic rings. The number of fused-ring (bicyclic) bond motifs is 2. The molecule has 192 valence electrons. The molecule has 0 amide bonds. The molecule has 35 heavy (non-hydrogen) atoms. The summed E-state index contributed by atoms with van der Waals surface area (Å²) in [4.78, 5) is 2.83. The molecule has 8 rings (SSSR count). The van der Waals surface area contributed by atoms with Crippen LogP contribution in [0.15, 0.2) is 12.1 Å². The number of piperidine rings is 1. The lowest BCUT2D eigenvalue weighted by Gasteiger charge is -2.75. The fourth-order valence-corrected chi connectivity index (χ4v) is 9.90. The van der Waals surface area contributed by atoms with Crippen LogP contribution < -0.4 is 4.74 Å². The van der Waals surface area contributed by atoms with Crippen molar-refractivity contribution in [2.24, 2.45) is 28.6 Å². The average molecular weight is 482 g/mol.